The monoisotopic (exact) mass is 682 g/mol. The Morgan fingerprint density at radius 2 is 1.80 bits per heavy atom. The number of benzene rings is 2. The van der Waals surface area contributed by atoms with Crippen molar-refractivity contribution in [2.24, 2.45) is 5.41 Å². The fourth-order valence-electron chi connectivity index (χ4n) is 6.56. The molecule has 2 aliphatic rings. The summed E-state index contributed by atoms with van der Waals surface area (Å²) in [5.74, 6) is -2.70. The van der Waals surface area contributed by atoms with Crippen LogP contribution in [0.2, 0.25) is 0 Å². The average molecular weight is 683 g/mol. The van der Waals surface area contributed by atoms with Gasteiger partial charge in [-0.1, -0.05) is 63.3 Å². The Morgan fingerprint density at radius 1 is 1.02 bits per heavy atom. The van der Waals surface area contributed by atoms with Crippen LogP contribution in [-0.4, -0.2) is 66.5 Å². The number of amides is 3. The molecule has 0 saturated heterocycles. The maximum Gasteiger partial charge on any atom is 0.261 e. The van der Waals surface area contributed by atoms with E-state index in [9.17, 15) is 23.2 Å². The first kappa shape index (κ1) is 34.5. The Morgan fingerprint density at radius 3 is 2.48 bits per heavy atom. The molecular weight excluding hydrogens is 645 g/mol. The summed E-state index contributed by atoms with van der Waals surface area (Å²) in [6, 6.07) is 13.6. The van der Waals surface area contributed by atoms with Crippen molar-refractivity contribution in [3.63, 3.8) is 0 Å². The quantitative estimate of drug-likeness (QED) is 0.165. The lowest BCUT2D eigenvalue weighted by molar-refractivity contribution is -0.140. The molecule has 2 atom stereocenters. The molecule has 0 bridgehead atoms. The molecule has 3 heterocycles. The Labute approximate surface area is 288 Å². The van der Waals surface area contributed by atoms with E-state index in [1.807, 2.05) is 57.2 Å². The van der Waals surface area contributed by atoms with E-state index in [0.717, 1.165) is 28.7 Å². The molecule has 0 N–H and O–H groups in total. The molecule has 0 unspecified atom stereocenters. The van der Waals surface area contributed by atoms with Crippen LogP contribution in [0.1, 0.15) is 67.8 Å². The summed E-state index contributed by atoms with van der Waals surface area (Å²) in [7, 11) is 0. The first-order chi connectivity index (χ1) is 24.0. The van der Waals surface area contributed by atoms with Crippen LogP contribution in [0.5, 0.6) is 0 Å². The number of imide groups is 1. The van der Waals surface area contributed by atoms with Gasteiger partial charge in [-0.25, -0.2) is 22.8 Å². The number of hydrogen-bond donors (Lipinski definition) is 0. The van der Waals surface area contributed by atoms with Gasteiger partial charge in [0.1, 0.15) is 18.3 Å². The minimum atomic E-state index is -1.14. The number of allylic oxidation sites excluding steroid dienone is 1. The SMILES string of the molecule is CC(C)(C)[C@H](c1nc(-c2cc(F)ccc2F)nn1Cc1ccccc1)N(CC[C@@H](CF)N1C(=O)C2=C(CCC=C2)C1=O)C(=O)c1cccnc1. The predicted molar refractivity (Wildman–Crippen MR) is 180 cm³/mol. The minimum Gasteiger partial charge on any atom is -0.328 e. The van der Waals surface area contributed by atoms with E-state index in [1.54, 1.807) is 22.9 Å². The zero-order valence-electron chi connectivity index (χ0n) is 28.0. The van der Waals surface area contributed by atoms with E-state index in [4.69, 9.17) is 4.98 Å². The summed E-state index contributed by atoms with van der Waals surface area (Å²) in [4.78, 5) is 52.5. The van der Waals surface area contributed by atoms with Crippen molar-refractivity contribution in [1.82, 2.24) is 29.5 Å². The van der Waals surface area contributed by atoms with Crippen molar-refractivity contribution in [2.45, 2.75) is 58.7 Å². The van der Waals surface area contributed by atoms with Crippen LogP contribution in [-0.2, 0) is 16.1 Å². The number of carbonyl (C=O) groups excluding carboxylic acids is 3. The molecule has 4 aromatic rings. The van der Waals surface area contributed by atoms with Crippen LogP contribution in [0.15, 0.2) is 96.4 Å². The predicted octanol–water partition coefficient (Wildman–Crippen LogP) is 6.64. The molecule has 0 fully saturated rings. The van der Waals surface area contributed by atoms with E-state index in [-0.39, 0.29) is 47.9 Å². The van der Waals surface area contributed by atoms with E-state index in [0.29, 0.717) is 18.4 Å². The summed E-state index contributed by atoms with van der Waals surface area (Å²) in [6.45, 7) is 4.78. The maximum atomic E-state index is 15.1. The van der Waals surface area contributed by atoms with Crippen LogP contribution in [0.25, 0.3) is 11.4 Å². The molecule has 50 heavy (non-hydrogen) atoms. The Kier molecular flexibility index (Phi) is 9.81. The lowest BCUT2D eigenvalue weighted by atomic mass is 9.84. The normalized spacial score (nSPS) is 15.8. The summed E-state index contributed by atoms with van der Waals surface area (Å²) >= 11 is 0. The van der Waals surface area contributed by atoms with Crippen molar-refractivity contribution < 1.29 is 27.6 Å². The van der Waals surface area contributed by atoms with E-state index < -0.39 is 53.5 Å². The van der Waals surface area contributed by atoms with Crippen LogP contribution in [0, 0.1) is 17.0 Å². The third-order valence-corrected chi connectivity index (χ3v) is 8.93. The lowest BCUT2D eigenvalue weighted by Gasteiger charge is -2.40. The van der Waals surface area contributed by atoms with Gasteiger partial charge in [-0.15, -0.1) is 0 Å². The maximum absolute atomic E-state index is 15.1. The van der Waals surface area contributed by atoms with Crippen LogP contribution in [0.3, 0.4) is 0 Å². The smallest absolute Gasteiger partial charge is 0.261 e. The molecule has 0 spiro atoms. The summed E-state index contributed by atoms with van der Waals surface area (Å²) in [5.41, 5.74) is 0.841. The van der Waals surface area contributed by atoms with Crippen molar-refractivity contribution >= 4 is 17.7 Å². The van der Waals surface area contributed by atoms with Gasteiger partial charge in [-0.05, 0) is 60.6 Å². The summed E-state index contributed by atoms with van der Waals surface area (Å²) in [5, 5.41) is 4.64. The van der Waals surface area contributed by atoms with Gasteiger partial charge in [-0.3, -0.25) is 24.3 Å². The first-order valence-corrected chi connectivity index (χ1v) is 16.5. The van der Waals surface area contributed by atoms with Gasteiger partial charge in [0.15, 0.2) is 11.6 Å². The number of carbonyl (C=O) groups is 3. The number of nitrogens with zero attached hydrogens (tertiary/aromatic N) is 6. The second-order valence-corrected chi connectivity index (χ2v) is 13.5. The topological polar surface area (TPSA) is 101 Å². The molecule has 258 valence electrons. The number of alkyl halides is 1. The third kappa shape index (κ3) is 6.87. The Balaban J connectivity index is 1.44. The zero-order chi connectivity index (χ0) is 35.6. The highest BCUT2D eigenvalue weighted by molar-refractivity contribution is 6.21. The molecule has 1 aliphatic carbocycles. The van der Waals surface area contributed by atoms with E-state index >= 15 is 4.39 Å². The third-order valence-electron chi connectivity index (χ3n) is 8.93. The molecule has 0 saturated carbocycles. The number of halogens is 3. The van der Waals surface area contributed by atoms with Crippen LogP contribution < -0.4 is 0 Å². The second kappa shape index (κ2) is 14.2. The van der Waals surface area contributed by atoms with Gasteiger partial charge in [0.25, 0.3) is 17.7 Å². The average Bonchev–Trinajstić information content (AvgIpc) is 3.62. The van der Waals surface area contributed by atoms with Crippen molar-refractivity contribution in [3.05, 3.63) is 125 Å². The van der Waals surface area contributed by atoms with Gasteiger partial charge < -0.3 is 4.90 Å². The Hall–Kier alpha value is -5.39. The number of hydrogen-bond acceptors (Lipinski definition) is 6. The number of pyridine rings is 1. The molecule has 9 nitrogen and oxygen atoms in total. The van der Waals surface area contributed by atoms with Crippen molar-refractivity contribution in [3.8, 4) is 11.4 Å². The highest BCUT2D eigenvalue weighted by Gasteiger charge is 2.43. The highest BCUT2D eigenvalue weighted by atomic mass is 19.1. The second-order valence-electron chi connectivity index (χ2n) is 13.5. The van der Waals surface area contributed by atoms with E-state index in [2.05, 4.69) is 10.1 Å². The van der Waals surface area contributed by atoms with Crippen molar-refractivity contribution in [2.75, 3.05) is 13.2 Å². The zero-order valence-corrected chi connectivity index (χ0v) is 28.0. The molecule has 1 aliphatic heterocycles. The molecular formula is C38H37F3N6O3. The molecule has 3 amide bonds. The van der Waals surface area contributed by atoms with E-state index in [1.165, 1.54) is 17.3 Å². The lowest BCUT2D eigenvalue weighted by Crippen LogP contribution is -2.47. The summed E-state index contributed by atoms with van der Waals surface area (Å²) in [6.07, 6.45) is 7.31. The van der Waals surface area contributed by atoms with Gasteiger partial charge in [0.05, 0.1) is 29.8 Å². The van der Waals surface area contributed by atoms with Crippen molar-refractivity contribution in [1.29, 1.82) is 0 Å². The fraction of sp³-hybridized carbons (Fsp3) is 0.316. The van der Waals surface area contributed by atoms with Gasteiger partial charge in [0, 0.05) is 30.1 Å². The van der Waals surface area contributed by atoms with Gasteiger partial charge >= 0.3 is 0 Å². The highest BCUT2D eigenvalue weighted by Crippen LogP contribution is 2.40. The standard InChI is InChI=1S/C38H37F3N6O3/c1-38(2,3)32(34-43-33(30-20-26(40)15-16-31(30)41)44-46(34)23-24-10-5-4-6-11-24)45(35(48)25-12-9-18-42-22-25)19-17-27(21-39)47-36(49)28-13-7-8-14-29(28)37(47)50/h4-7,9-13,15-16,18,20,22,27,32H,8,14,17,19,21,23H2,1-3H3/t27-,32-/m0/s1. The first-order valence-electron chi connectivity index (χ1n) is 16.5. The van der Waals surface area contributed by atoms with Gasteiger partial charge in [-0.2, -0.15) is 5.10 Å². The number of rotatable bonds is 11. The molecule has 6 rings (SSSR count). The van der Waals surface area contributed by atoms with Crippen LogP contribution >= 0.6 is 0 Å². The molecule has 2 aromatic carbocycles. The molecule has 12 heteroatoms. The minimum absolute atomic E-state index is 0.0736. The molecule has 0 radical (unpaired) electrons. The largest absolute Gasteiger partial charge is 0.328 e. The fourth-order valence-corrected chi connectivity index (χ4v) is 6.56. The Bertz CT molecular complexity index is 1970. The molecule has 2 aromatic heterocycles. The van der Waals surface area contributed by atoms with Crippen LogP contribution in [0.4, 0.5) is 13.2 Å². The summed E-state index contributed by atoms with van der Waals surface area (Å²) < 4.78 is 45.9. The van der Waals surface area contributed by atoms with Gasteiger partial charge in [0.2, 0.25) is 0 Å². The number of aromatic nitrogens is 4.